The Morgan fingerprint density at radius 2 is 1.82 bits per heavy atom. The molecular weight excluding hydrogens is 431 g/mol. The predicted molar refractivity (Wildman–Crippen MR) is 117 cm³/mol. The van der Waals surface area contributed by atoms with Crippen LogP contribution in [-0.4, -0.2) is 25.5 Å². The van der Waals surface area contributed by atoms with Crippen molar-refractivity contribution >= 4 is 17.4 Å². The van der Waals surface area contributed by atoms with Gasteiger partial charge in [0.1, 0.15) is 0 Å². The van der Waals surface area contributed by atoms with E-state index in [9.17, 15) is 18.0 Å². The zero-order valence-corrected chi connectivity index (χ0v) is 18.0. The van der Waals surface area contributed by atoms with E-state index in [1.807, 2.05) is 30.3 Å². The fraction of sp³-hybridized carbons (Fsp3) is 0.250. The van der Waals surface area contributed by atoms with Crippen LogP contribution < -0.4 is 5.32 Å². The smallest absolute Gasteiger partial charge is 0.326 e. The van der Waals surface area contributed by atoms with E-state index in [0.29, 0.717) is 23.4 Å². The number of hydrogen-bond donors (Lipinski definition) is 1. The molecule has 0 fully saturated rings. The molecule has 5 rings (SSSR count). The topological polar surface area (TPSA) is 72.2 Å². The molecule has 0 saturated carbocycles. The average molecular weight is 451 g/mol. The minimum Gasteiger partial charge on any atom is -0.326 e. The fourth-order valence-corrected chi connectivity index (χ4v) is 4.38. The number of aromatic nitrogens is 4. The summed E-state index contributed by atoms with van der Waals surface area (Å²) in [6, 6.07) is 14.1. The van der Waals surface area contributed by atoms with Crippen LogP contribution >= 0.6 is 0 Å². The molecule has 1 aliphatic rings. The molecular formula is C24H20F3N5O. The predicted octanol–water partition coefficient (Wildman–Crippen LogP) is 4.90. The normalized spacial score (nSPS) is 12.6. The maximum Gasteiger partial charge on any atom is 0.453 e. The summed E-state index contributed by atoms with van der Waals surface area (Å²) in [5.41, 5.74) is 7.27. The number of rotatable bonds is 4. The van der Waals surface area contributed by atoms with Crippen molar-refractivity contribution in [2.45, 2.75) is 39.3 Å². The molecule has 9 heteroatoms. The van der Waals surface area contributed by atoms with Crippen LogP contribution in [0.15, 0.2) is 42.5 Å². The molecule has 0 atom stereocenters. The SMILES string of the molecule is Cc1nc2nc(C(F)(F)F)nn2c(C)c1CCC(=O)Nc1ccc2c(c1)Cc1ccccc1-2. The third-order valence-electron chi connectivity index (χ3n) is 5.98. The highest BCUT2D eigenvalue weighted by atomic mass is 19.4. The molecule has 0 radical (unpaired) electrons. The molecule has 6 nitrogen and oxygen atoms in total. The summed E-state index contributed by atoms with van der Waals surface area (Å²) < 4.78 is 40.0. The molecule has 0 unspecified atom stereocenters. The fourth-order valence-electron chi connectivity index (χ4n) is 4.38. The van der Waals surface area contributed by atoms with Crippen LogP contribution in [0.5, 0.6) is 0 Å². The number of anilines is 1. The quantitative estimate of drug-likeness (QED) is 0.422. The largest absolute Gasteiger partial charge is 0.453 e. The summed E-state index contributed by atoms with van der Waals surface area (Å²) >= 11 is 0. The number of carbonyl (C=O) groups is 1. The lowest BCUT2D eigenvalue weighted by Gasteiger charge is -2.11. The van der Waals surface area contributed by atoms with Crippen LogP contribution in [0.2, 0.25) is 0 Å². The molecule has 0 saturated heterocycles. The Bertz CT molecular complexity index is 1410. The number of aryl methyl sites for hydroxylation is 2. The van der Waals surface area contributed by atoms with Gasteiger partial charge in [-0.2, -0.15) is 18.2 Å². The van der Waals surface area contributed by atoms with Crippen LogP contribution in [0.25, 0.3) is 16.9 Å². The Labute approximate surface area is 187 Å². The van der Waals surface area contributed by atoms with E-state index in [-0.39, 0.29) is 18.1 Å². The Kier molecular flexibility index (Phi) is 4.92. The van der Waals surface area contributed by atoms with E-state index in [1.165, 1.54) is 22.3 Å². The summed E-state index contributed by atoms with van der Waals surface area (Å²) in [4.78, 5) is 20.2. The first-order valence-corrected chi connectivity index (χ1v) is 10.5. The number of benzene rings is 2. The van der Waals surface area contributed by atoms with Crippen molar-refractivity contribution in [3.63, 3.8) is 0 Å². The van der Waals surface area contributed by atoms with Crippen LogP contribution in [0, 0.1) is 13.8 Å². The lowest BCUT2D eigenvalue weighted by molar-refractivity contribution is -0.144. The van der Waals surface area contributed by atoms with Crippen molar-refractivity contribution in [2.75, 3.05) is 5.32 Å². The van der Waals surface area contributed by atoms with E-state index in [1.54, 1.807) is 13.8 Å². The zero-order chi connectivity index (χ0) is 23.3. The molecule has 2 aromatic heterocycles. The maximum absolute atomic E-state index is 13.0. The Morgan fingerprint density at radius 3 is 2.61 bits per heavy atom. The van der Waals surface area contributed by atoms with Gasteiger partial charge in [-0.05, 0) is 66.6 Å². The van der Waals surface area contributed by atoms with Gasteiger partial charge in [0.05, 0.1) is 0 Å². The van der Waals surface area contributed by atoms with Gasteiger partial charge in [0.25, 0.3) is 11.6 Å². The highest BCUT2D eigenvalue weighted by Crippen LogP contribution is 2.37. The summed E-state index contributed by atoms with van der Waals surface area (Å²) in [6.07, 6.45) is -3.33. The van der Waals surface area contributed by atoms with E-state index < -0.39 is 12.0 Å². The molecule has 168 valence electrons. The van der Waals surface area contributed by atoms with Crippen LogP contribution in [-0.2, 0) is 23.8 Å². The van der Waals surface area contributed by atoms with Gasteiger partial charge < -0.3 is 5.32 Å². The first-order chi connectivity index (χ1) is 15.7. The molecule has 0 bridgehead atoms. The van der Waals surface area contributed by atoms with Crippen molar-refractivity contribution in [1.29, 1.82) is 0 Å². The van der Waals surface area contributed by atoms with E-state index in [4.69, 9.17) is 0 Å². The van der Waals surface area contributed by atoms with Gasteiger partial charge in [-0.25, -0.2) is 9.50 Å². The van der Waals surface area contributed by atoms with E-state index in [2.05, 4.69) is 32.5 Å². The molecule has 0 aliphatic heterocycles. The van der Waals surface area contributed by atoms with Crippen LogP contribution in [0.1, 0.15) is 40.3 Å². The van der Waals surface area contributed by atoms with E-state index in [0.717, 1.165) is 16.6 Å². The molecule has 33 heavy (non-hydrogen) atoms. The monoisotopic (exact) mass is 451 g/mol. The minimum atomic E-state index is -4.65. The molecule has 1 N–H and O–H groups in total. The highest BCUT2D eigenvalue weighted by Gasteiger charge is 2.37. The highest BCUT2D eigenvalue weighted by molar-refractivity contribution is 5.92. The lowest BCUT2D eigenvalue weighted by atomic mass is 10.0. The average Bonchev–Trinajstić information content (AvgIpc) is 3.34. The molecule has 4 aromatic rings. The van der Waals surface area contributed by atoms with Crippen molar-refractivity contribution in [2.24, 2.45) is 0 Å². The Morgan fingerprint density at radius 1 is 1.06 bits per heavy atom. The summed E-state index contributed by atoms with van der Waals surface area (Å²) in [5.74, 6) is -1.52. The number of alkyl halides is 3. The molecule has 2 heterocycles. The second-order valence-electron chi connectivity index (χ2n) is 8.16. The van der Waals surface area contributed by atoms with Gasteiger partial charge in [0.2, 0.25) is 5.91 Å². The second-order valence-corrected chi connectivity index (χ2v) is 8.16. The maximum atomic E-state index is 13.0. The molecule has 1 aliphatic carbocycles. The third-order valence-corrected chi connectivity index (χ3v) is 5.98. The first kappa shape index (κ1) is 21.1. The number of fused-ring (bicyclic) bond motifs is 4. The van der Waals surface area contributed by atoms with Crippen molar-refractivity contribution in [3.8, 4) is 11.1 Å². The number of hydrogen-bond acceptors (Lipinski definition) is 4. The zero-order valence-electron chi connectivity index (χ0n) is 18.0. The van der Waals surface area contributed by atoms with Crippen molar-refractivity contribution in [1.82, 2.24) is 19.6 Å². The number of carbonyl (C=O) groups excluding carboxylic acids is 1. The van der Waals surface area contributed by atoms with Gasteiger partial charge in [0.15, 0.2) is 0 Å². The number of amides is 1. The van der Waals surface area contributed by atoms with Gasteiger partial charge in [0, 0.05) is 23.5 Å². The Balaban J connectivity index is 1.30. The summed E-state index contributed by atoms with van der Waals surface area (Å²) in [5, 5.41) is 6.47. The third kappa shape index (κ3) is 3.83. The summed E-state index contributed by atoms with van der Waals surface area (Å²) in [7, 11) is 0. The van der Waals surface area contributed by atoms with Crippen LogP contribution in [0.4, 0.5) is 18.9 Å². The van der Waals surface area contributed by atoms with E-state index >= 15 is 0 Å². The standard InChI is InChI=1S/C24H20F3N5O/c1-13-18(14(2)32-23(28-13)30-22(31-32)24(25,26)27)9-10-21(33)29-17-7-8-20-16(12-17)11-15-5-3-4-6-19(15)20/h3-8,12H,9-11H2,1-2H3,(H,29,33). The van der Waals surface area contributed by atoms with Crippen molar-refractivity contribution < 1.29 is 18.0 Å². The number of nitrogens with one attached hydrogen (secondary N) is 1. The summed E-state index contributed by atoms with van der Waals surface area (Å²) in [6.45, 7) is 3.35. The van der Waals surface area contributed by atoms with Gasteiger partial charge in [-0.15, -0.1) is 5.10 Å². The number of halogens is 3. The minimum absolute atomic E-state index is 0.107. The molecule has 2 aromatic carbocycles. The Hall–Kier alpha value is -3.75. The first-order valence-electron chi connectivity index (χ1n) is 10.5. The van der Waals surface area contributed by atoms with Gasteiger partial charge in [-0.3, -0.25) is 4.79 Å². The van der Waals surface area contributed by atoms with Crippen LogP contribution in [0.3, 0.4) is 0 Å². The lowest BCUT2D eigenvalue weighted by Crippen LogP contribution is -2.14. The van der Waals surface area contributed by atoms with Crippen molar-refractivity contribution in [3.05, 3.63) is 76.4 Å². The second kappa shape index (κ2) is 7.68. The van der Waals surface area contributed by atoms with Gasteiger partial charge >= 0.3 is 6.18 Å². The molecule has 1 amide bonds. The van der Waals surface area contributed by atoms with Gasteiger partial charge in [-0.1, -0.05) is 30.3 Å². The number of nitrogens with zero attached hydrogens (tertiary/aromatic N) is 4. The molecule has 0 spiro atoms.